The number of anilines is 1. The molecule has 1 aromatic carbocycles. The van der Waals surface area contributed by atoms with Crippen molar-refractivity contribution in [2.24, 2.45) is 0 Å². The van der Waals surface area contributed by atoms with Crippen LogP contribution in [0.15, 0.2) is 35.7 Å². The Labute approximate surface area is 136 Å². The number of nitrogens with one attached hydrogen (secondary N) is 2. The lowest BCUT2D eigenvalue weighted by Crippen LogP contribution is -2.33. The molecule has 21 heavy (non-hydrogen) atoms. The van der Waals surface area contributed by atoms with Crippen LogP contribution in [0.4, 0.5) is 5.69 Å². The maximum absolute atomic E-state index is 11.7. The van der Waals surface area contributed by atoms with Gasteiger partial charge in [0.1, 0.15) is 0 Å². The van der Waals surface area contributed by atoms with E-state index >= 15 is 0 Å². The second kappa shape index (κ2) is 7.45. The molecule has 0 bridgehead atoms. The smallest absolute Gasteiger partial charge is 0.243 e. The summed E-state index contributed by atoms with van der Waals surface area (Å²) in [4.78, 5) is 24.3. The Balaban J connectivity index is 1.79. The van der Waals surface area contributed by atoms with E-state index < -0.39 is 0 Å². The molecule has 1 aromatic heterocycles. The predicted molar refractivity (Wildman–Crippen MR) is 86.1 cm³/mol. The van der Waals surface area contributed by atoms with E-state index in [4.69, 9.17) is 23.2 Å². The number of amides is 2. The van der Waals surface area contributed by atoms with Gasteiger partial charge in [-0.15, -0.1) is 11.3 Å². The van der Waals surface area contributed by atoms with E-state index in [0.29, 0.717) is 15.7 Å². The van der Waals surface area contributed by atoms with E-state index in [0.717, 1.165) is 4.88 Å². The highest BCUT2D eigenvalue weighted by Crippen LogP contribution is 2.24. The molecule has 0 atom stereocenters. The fraction of sp³-hybridized carbons (Fsp3) is 0.143. The molecule has 2 N–H and O–H groups in total. The van der Waals surface area contributed by atoms with Crippen LogP contribution >= 0.6 is 34.5 Å². The van der Waals surface area contributed by atoms with Crippen LogP contribution in [0.2, 0.25) is 10.0 Å². The van der Waals surface area contributed by atoms with Gasteiger partial charge in [0, 0.05) is 10.6 Å². The molecule has 0 aliphatic heterocycles. The Morgan fingerprint density at radius 1 is 1.10 bits per heavy atom. The number of benzene rings is 1. The van der Waals surface area contributed by atoms with Gasteiger partial charge in [0.15, 0.2) is 0 Å². The first kappa shape index (κ1) is 15.8. The van der Waals surface area contributed by atoms with Crippen molar-refractivity contribution < 1.29 is 9.59 Å². The molecule has 2 amide bonds. The third-order valence-corrected chi connectivity index (χ3v) is 4.18. The van der Waals surface area contributed by atoms with Gasteiger partial charge in [0.2, 0.25) is 11.8 Å². The van der Waals surface area contributed by atoms with Crippen molar-refractivity contribution in [1.82, 2.24) is 5.32 Å². The van der Waals surface area contributed by atoms with Crippen molar-refractivity contribution in [2.45, 2.75) is 6.42 Å². The van der Waals surface area contributed by atoms with Gasteiger partial charge < -0.3 is 10.6 Å². The summed E-state index contributed by atoms with van der Waals surface area (Å²) in [6.07, 6.45) is 0.276. The third kappa shape index (κ3) is 5.04. The van der Waals surface area contributed by atoms with E-state index in [1.165, 1.54) is 11.3 Å². The van der Waals surface area contributed by atoms with Crippen LogP contribution in [0.5, 0.6) is 0 Å². The number of carbonyl (C=O) groups is 2. The second-order valence-electron chi connectivity index (χ2n) is 4.21. The van der Waals surface area contributed by atoms with Crippen LogP contribution < -0.4 is 10.6 Å². The Morgan fingerprint density at radius 3 is 2.57 bits per heavy atom. The second-order valence-corrected chi connectivity index (χ2v) is 6.06. The number of hydrogen-bond donors (Lipinski definition) is 2. The highest BCUT2D eigenvalue weighted by Gasteiger charge is 2.08. The van der Waals surface area contributed by atoms with Gasteiger partial charge in [0.25, 0.3) is 0 Å². The molecular weight excluding hydrogens is 331 g/mol. The molecule has 0 fully saturated rings. The summed E-state index contributed by atoms with van der Waals surface area (Å²) in [5.41, 5.74) is 0.530. The van der Waals surface area contributed by atoms with Gasteiger partial charge >= 0.3 is 0 Å². The van der Waals surface area contributed by atoms with E-state index in [-0.39, 0.29) is 24.8 Å². The number of rotatable bonds is 5. The predicted octanol–water partition coefficient (Wildman–Crippen LogP) is 3.35. The minimum absolute atomic E-state index is 0.0928. The molecule has 2 rings (SSSR count). The lowest BCUT2D eigenvalue weighted by Gasteiger charge is -2.07. The third-order valence-electron chi connectivity index (χ3n) is 2.56. The lowest BCUT2D eigenvalue weighted by atomic mass is 10.3. The molecule has 110 valence electrons. The molecule has 7 heteroatoms. The number of hydrogen-bond acceptors (Lipinski definition) is 3. The van der Waals surface area contributed by atoms with Crippen LogP contribution in [0.1, 0.15) is 4.88 Å². The molecule has 0 radical (unpaired) electrons. The van der Waals surface area contributed by atoms with Crippen molar-refractivity contribution in [2.75, 3.05) is 11.9 Å². The quantitative estimate of drug-likeness (QED) is 0.875. The molecule has 0 aliphatic rings. The Bertz CT molecular complexity index is 644. The summed E-state index contributed by atoms with van der Waals surface area (Å²) in [5.74, 6) is -0.519. The minimum Gasteiger partial charge on any atom is -0.347 e. The van der Waals surface area contributed by atoms with Crippen LogP contribution in [0.3, 0.4) is 0 Å². The van der Waals surface area contributed by atoms with Gasteiger partial charge in [-0.3, -0.25) is 9.59 Å². The Hall–Kier alpha value is -1.56. The molecule has 4 nitrogen and oxygen atoms in total. The summed E-state index contributed by atoms with van der Waals surface area (Å²) in [5, 5.41) is 7.87. The summed E-state index contributed by atoms with van der Waals surface area (Å²) >= 11 is 13.1. The number of halogens is 2. The zero-order valence-electron chi connectivity index (χ0n) is 10.9. The van der Waals surface area contributed by atoms with E-state index in [9.17, 15) is 9.59 Å². The van der Waals surface area contributed by atoms with Crippen LogP contribution in [0, 0.1) is 0 Å². The summed E-state index contributed by atoms with van der Waals surface area (Å²) < 4.78 is 0. The van der Waals surface area contributed by atoms with E-state index in [1.54, 1.807) is 18.2 Å². The monoisotopic (exact) mass is 342 g/mol. The van der Waals surface area contributed by atoms with Crippen molar-refractivity contribution in [3.8, 4) is 0 Å². The van der Waals surface area contributed by atoms with Crippen molar-refractivity contribution >= 4 is 52.0 Å². The first-order valence-electron chi connectivity index (χ1n) is 6.08. The van der Waals surface area contributed by atoms with E-state index in [1.807, 2.05) is 17.5 Å². The SMILES string of the molecule is O=C(Cc1cccs1)NCC(=O)Nc1ccc(Cl)c(Cl)c1. The average Bonchev–Trinajstić information content (AvgIpc) is 2.93. The van der Waals surface area contributed by atoms with Crippen molar-refractivity contribution in [3.63, 3.8) is 0 Å². The summed E-state index contributed by atoms with van der Waals surface area (Å²) in [6, 6.07) is 8.54. The molecule has 1 heterocycles. The maximum atomic E-state index is 11.7. The Morgan fingerprint density at radius 2 is 1.90 bits per heavy atom. The average molecular weight is 343 g/mol. The number of thiophene rings is 1. The standard InChI is InChI=1S/C14H12Cl2N2O2S/c15-11-4-3-9(6-12(11)16)18-14(20)8-17-13(19)7-10-2-1-5-21-10/h1-6H,7-8H2,(H,17,19)(H,18,20). The molecular formula is C14H12Cl2N2O2S. The maximum Gasteiger partial charge on any atom is 0.243 e. The van der Waals surface area contributed by atoms with Gasteiger partial charge in [-0.25, -0.2) is 0 Å². The normalized spacial score (nSPS) is 10.2. The van der Waals surface area contributed by atoms with Gasteiger partial charge in [-0.2, -0.15) is 0 Å². The highest BCUT2D eigenvalue weighted by atomic mass is 35.5. The van der Waals surface area contributed by atoms with Crippen LogP contribution in [0.25, 0.3) is 0 Å². The lowest BCUT2D eigenvalue weighted by molar-refractivity contribution is -0.123. The van der Waals surface area contributed by atoms with Crippen LogP contribution in [-0.4, -0.2) is 18.4 Å². The highest BCUT2D eigenvalue weighted by molar-refractivity contribution is 7.10. The van der Waals surface area contributed by atoms with Crippen molar-refractivity contribution in [3.05, 3.63) is 50.6 Å². The zero-order valence-corrected chi connectivity index (χ0v) is 13.2. The molecule has 2 aromatic rings. The molecule has 0 unspecified atom stereocenters. The summed E-state index contributed by atoms with van der Waals surface area (Å²) in [7, 11) is 0. The fourth-order valence-electron chi connectivity index (χ4n) is 1.59. The molecule has 0 saturated heterocycles. The van der Waals surface area contributed by atoms with Gasteiger partial charge in [-0.1, -0.05) is 29.3 Å². The largest absolute Gasteiger partial charge is 0.347 e. The first-order chi connectivity index (χ1) is 10.0. The van der Waals surface area contributed by atoms with Crippen molar-refractivity contribution in [1.29, 1.82) is 0 Å². The topological polar surface area (TPSA) is 58.2 Å². The Kier molecular flexibility index (Phi) is 5.61. The zero-order chi connectivity index (χ0) is 15.2. The van der Waals surface area contributed by atoms with Gasteiger partial charge in [-0.05, 0) is 29.6 Å². The van der Waals surface area contributed by atoms with Crippen LogP contribution in [-0.2, 0) is 16.0 Å². The number of carbonyl (C=O) groups excluding carboxylic acids is 2. The summed E-state index contributed by atoms with van der Waals surface area (Å²) in [6.45, 7) is -0.0928. The van der Waals surface area contributed by atoms with E-state index in [2.05, 4.69) is 10.6 Å². The molecule has 0 spiro atoms. The fourth-order valence-corrected chi connectivity index (χ4v) is 2.59. The molecule has 0 saturated carbocycles. The minimum atomic E-state index is -0.326. The first-order valence-corrected chi connectivity index (χ1v) is 7.72. The van der Waals surface area contributed by atoms with Gasteiger partial charge in [0.05, 0.1) is 23.0 Å². The molecule has 0 aliphatic carbocycles.